The molecular weight excluding hydrogens is 224 g/mol. The number of nitrogens with one attached hydrogen (secondary N) is 1. The van der Waals surface area contributed by atoms with E-state index in [0.717, 1.165) is 5.69 Å². The summed E-state index contributed by atoms with van der Waals surface area (Å²) in [6, 6.07) is 7.23. The lowest BCUT2D eigenvalue weighted by atomic mass is 10.3. The minimum Gasteiger partial charge on any atom is -0.497 e. The molecule has 4 nitrogen and oxygen atoms in total. The zero-order valence-electron chi connectivity index (χ0n) is 8.64. The molecule has 1 N–H and O–H groups in total. The van der Waals surface area contributed by atoms with Crippen molar-refractivity contribution >= 4 is 12.2 Å². The maximum absolute atomic E-state index is 11.8. The lowest BCUT2D eigenvalue weighted by Crippen LogP contribution is -2.18. The molecule has 16 heavy (non-hydrogen) atoms. The zero-order chi connectivity index (χ0) is 11.5. The molecule has 0 fully saturated rings. The molecule has 0 radical (unpaired) electrons. The van der Waals surface area contributed by atoms with Crippen LogP contribution in [0, 0.1) is 4.64 Å². The van der Waals surface area contributed by atoms with Crippen molar-refractivity contribution in [3.05, 3.63) is 51.7 Å². The van der Waals surface area contributed by atoms with Gasteiger partial charge in [0.05, 0.1) is 12.8 Å². The average Bonchev–Trinajstić information content (AvgIpc) is 2.33. The van der Waals surface area contributed by atoms with Gasteiger partial charge in [0, 0.05) is 18.5 Å². The molecule has 1 heterocycles. The largest absolute Gasteiger partial charge is 0.497 e. The monoisotopic (exact) mass is 234 g/mol. The van der Waals surface area contributed by atoms with Gasteiger partial charge in [-0.25, -0.2) is 0 Å². The highest BCUT2D eigenvalue weighted by molar-refractivity contribution is 7.71. The SMILES string of the molecule is COc1cccc(-n2cc[nH]c(=S)c2=O)c1. The Hall–Kier alpha value is -1.88. The summed E-state index contributed by atoms with van der Waals surface area (Å²) >= 11 is 4.88. The van der Waals surface area contributed by atoms with Crippen LogP contribution in [0.5, 0.6) is 5.75 Å². The van der Waals surface area contributed by atoms with Gasteiger partial charge in [-0.1, -0.05) is 18.3 Å². The van der Waals surface area contributed by atoms with Gasteiger partial charge in [-0.15, -0.1) is 0 Å². The number of ether oxygens (including phenoxy) is 1. The molecule has 0 atom stereocenters. The third kappa shape index (κ3) is 1.90. The quantitative estimate of drug-likeness (QED) is 0.807. The van der Waals surface area contributed by atoms with E-state index >= 15 is 0 Å². The number of hydrogen-bond acceptors (Lipinski definition) is 3. The zero-order valence-corrected chi connectivity index (χ0v) is 9.45. The lowest BCUT2D eigenvalue weighted by Gasteiger charge is -2.06. The molecule has 5 heteroatoms. The van der Waals surface area contributed by atoms with Crippen LogP contribution in [-0.2, 0) is 0 Å². The Labute approximate surface area is 97.1 Å². The first-order valence-corrected chi connectivity index (χ1v) is 5.08. The first-order valence-electron chi connectivity index (χ1n) is 4.67. The molecule has 0 saturated carbocycles. The minimum atomic E-state index is -0.245. The number of H-pyrrole nitrogens is 1. The number of nitrogens with zero attached hydrogens (tertiary/aromatic N) is 1. The maximum Gasteiger partial charge on any atom is 0.290 e. The number of rotatable bonds is 2. The van der Waals surface area contributed by atoms with Gasteiger partial charge in [-0.05, 0) is 12.1 Å². The van der Waals surface area contributed by atoms with Gasteiger partial charge in [0.25, 0.3) is 5.56 Å². The Morgan fingerprint density at radius 1 is 1.44 bits per heavy atom. The topological polar surface area (TPSA) is 47.0 Å². The molecule has 2 rings (SSSR count). The summed E-state index contributed by atoms with van der Waals surface area (Å²) < 4.78 is 6.76. The molecule has 1 aromatic carbocycles. The van der Waals surface area contributed by atoms with Crippen LogP contribution in [0.4, 0.5) is 0 Å². The first-order chi connectivity index (χ1) is 7.72. The number of benzene rings is 1. The van der Waals surface area contributed by atoms with Crippen molar-refractivity contribution in [1.29, 1.82) is 0 Å². The van der Waals surface area contributed by atoms with Crippen LogP contribution in [0.15, 0.2) is 41.5 Å². The highest BCUT2D eigenvalue weighted by Gasteiger charge is 2.01. The second-order valence-electron chi connectivity index (χ2n) is 3.17. The Morgan fingerprint density at radius 2 is 2.25 bits per heavy atom. The van der Waals surface area contributed by atoms with E-state index in [1.54, 1.807) is 25.6 Å². The van der Waals surface area contributed by atoms with Gasteiger partial charge in [0.1, 0.15) is 5.75 Å². The van der Waals surface area contributed by atoms with E-state index in [-0.39, 0.29) is 10.2 Å². The number of aromatic amines is 1. The molecule has 0 amide bonds. The van der Waals surface area contributed by atoms with Crippen molar-refractivity contribution in [2.75, 3.05) is 7.11 Å². The van der Waals surface area contributed by atoms with Crippen molar-refractivity contribution < 1.29 is 4.74 Å². The van der Waals surface area contributed by atoms with Crippen LogP contribution in [0.2, 0.25) is 0 Å². The number of hydrogen-bond donors (Lipinski definition) is 1. The van der Waals surface area contributed by atoms with Gasteiger partial charge in [-0.3, -0.25) is 9.36 Å². The smallest absolute Gasteiger partial charge is 0.290 e. The van der Waals surface area contributed by atoms with E-state index in [1.807, 2.05) is 18.2 Å². The molecule has 0 unspecified atom stereocenters. The van der Waals surface area contributed by atoms with Crippen molar-refractivity contribution in [1.82, 2.24) is 9.55 Å². The minimum absolute atomic E-state index is 0.185. The molecule has 0 saturated heterocycles. The van der Waals surface area contributed by atoms with Crippen molar-refractivity contribution in [2.45, 2.75) is 0 Å². The van der Waals surface area contributed by atoms with Crippen molar-refractivity contribution in [2.24, 2.45) is 0 Å². The summed E-state index contributed by atoms with van der Waals surface area (Å²) in [6.45, 7) is 0. The average molecular weight is 234 g/mol. The third-order valence-corrected chi connectivity index (χ3v) is 2.48. The molecule has 82 valence electrons. The molecule has 0 bridgehead atoms. The summed E-state index contributed by atoms with van der Waals surface area (Å²) in [4.78, 5) is 14.4. The molecule has 0 aliphatic heterocycles. The summed E-state index contributed by atoms with van der Waals surface area (Å²) in [5.74, 6) is 0.697. The van der Waals surface area contributed by atoms with Crippen LogP contribution >= 0.6 is 12.2 Å². The Kier molecular flexibility index (Phi) is 2.87. The standard InChI is InChI=1S/C11H10N2O2S/c1-15-9-4-2-3-8(7-9)13-6-5-12-10(16)11(13)14/h2-7H,1H3,(H,12,16). The normalized spacial score (nSPS) is 10.1. The van der Waals surface area contributed by atoms with Gasteiger partial charge in [0.2, 0.25) is 0 Å². The molecular formula is C11H10N2O2S. The van der Waals surface area contributed by atoms with Gasteiger partial charge in [-0.2, -0.15) is 0 Å². The van der Waals surface area contributed by atoms with Crippen LogP contribution in [0.1, 0.15) is 0 Å². The first kappa shape index (κ1) is 10.6. The van der Waals surface area contributed by atoms with Crippen LogP contribution in [0.25, 0.3) is 5.69 Å². The molecule has 0 spiro atoms. The fourth-order valence-corrected chi connectivity index (χ4v) is 1.56. The predicted octanol–water partition coefficient (Wildman–Crippen LogP) is 1.90. The third-order valence-electron chi connectivity index (χ3n) is 2.18. The van der Waals surface area contributed by atoms with Crippen LogP contribution < -0.4 is 10.3 Å². The Bertz CT molecular complexity index is 616. The van der Waals surface area contributed by atoms with Crippen molar-refractivity contribution in [3.63, 3.8) is 0 Å². The van der Waals surface area contributed by atoms with Crippen molar-refractivity contribution in [3.8, 4) is 11.4 Å². The number of methoxy groups -OCH3 is 1. The van der Waals surface area contributed by atoms with E-state index in [9.17, 15) is 4.79 Å². The molecule has 0 aliphatic rings. The summed E-state index contributed by atoms with van der Waals surface area (Å²) in [7, 11) is 1.58. The van der Waals surface area contributed by atoms with E-state index in [1.165, 1.54) is 4.57 Å². The summed E-state index contributed by atoms with van der Waals surface area (Å²) in [5.41, 5.74) is 0.482. The van der Waals surface area contributed by atoms with E-state index < -0.39 is 0 Å². The van der Waals surface area contributed by atoms with Crippen LogP contribution in [-0.4, -0.2) is 16.7 Å². The second kappa shape index (κ2) is 4.32. The molecule has 1 aromatic heterocycles. The van der Waals surface area contributed by atoms with Gasteiger partial charge in [0.15, 0.2) is 4.64 Å². The maximum atomic E-state index is 11.8. The molecule has 2 aromatic rings. The highest BCUT2D eigenvalue weighted by atomic mass is 32.1. The fourth-order valence-electron chi connectivity index (χ4n) is 1.39. The Morgan fingerprint density at radius 3 is 3.00 bits per heavy atom. The van der Waals surface area contributed by atoms with Gasteiger partial charge < -0.3 is 9.72 Å². The van der Waals surface area contributed by atoms with E-state index in [2.05, 4.69) is 4.98 Å². The second-order valence-corrected chi connectivity index (χ2v) is 3.57. The van der Waals surface area contributed by atoms with Gasteiger partial charge >= 0.3 is 0 Å². The summed E-state index contributed by atoms with van der Waals surface area (Å²) in [6.07, 6.45) is 3.26. The fraction of sp³-hybridized carbons (Fsp3) is 0.0909. The van der Waals surface area contributed by atoms with Crippen LogP contribution in [0.3, 0.4) is 0 Å². The Balaban J connectivity index is 2.63. The summed E-state index contributed by atoms with van der Waals surface area (Å²) in [5, 5.41) is 0. The number of aromatic nitrogens is 2. The van der Waals surface area contributed by atoms with E-state index in [0.29, 0.717) is 5.75 Å². The van der Waals surface area contributed by atoms with E-state index in [4.69, 9.17) is 17.0 Å². The molecule has 0 aliphatic carbocycles. The predicted molar refractivity (Wildman–Crippen MR) is 63.8 cm³/mol. The lowest BCUT2D eigenvalue weighted by molar-refractivity contribution is 0.414. The highest BCUT2D eigenvalue weighted by Crippen LogP contribution is 2.14.